The molecule has 1 fully saturated rings. The fourth-order valence-corrected chi connectivity index (χ4v) is 3.17. The van der Waals surface area contributed by atoms with Gasteiger partial charge in [0.15, 0.2) is 11.5 Å². The number of aromatic nitrogens is 7. The highest BCUT2D eigenvalue weighted by molar-refractivity contribution is 5.91. The number of benzene rings is 1. The Morgan fingerprint density at radius 3 is 2.93 bits per heavy atom. The number of piperidine rings is 1. The maximum absolute atomic E-state index is 12.4. The number of hydrogen-bond donors (Lipinski definition) is 2. The SMILES string of the molecule is O=C(NCc1nnnn1-c1ccccc1)c1cn(C[C@@H]2CCCNC2)nn1. The van der Waals surface area contributed by atoms with Crippen LogP contribution in [0.5, 0.6) is 0 Å². The van der Waals surface area contributed by atoms with Gasteiger partial charge in [-0.2, -0.15) is 4.68 Å². The third-order valence-electron chi connectivity index (χ3n) is 4.56. The van der Waals surface area contributed by atoms with Gasteiger partial charge in [-0.15, -0.1) is 10.2 Å². The Balaban J connectivity index is 1.36. The molecule has 1 saturated heterocycles. The number of nitrogens with one attached hydrogen (secondary N) is 2. The van der Waals surface area contributed by atoms with Crippen LogP contribution >= 0.6 is 0 Å². The molecule has 3 aromatic rings. The van der Waals surface area contributed by atoms with Crippen LogP contribution < -0.4 is 10.6 Å². The van der Waals surface area contributed by atoms with Gasteiger partial charge >= 0.3 is 0 Å². The van der Waals surface area contributed by atoms with Crippen molar-refractivity contribution in [3.05, 3.63) is 48.0 Å². The Bertz CT molecular complexity index is 883. The fourth-order valence-electron chi connectivity index (χ4n) is 3.17. The summed E-state index contributed by atoms with van der Waals surface area (Å²) >= 11 is 0. The van der Waals surface area contributed by atoms with Crippen molar-refractivity contribution >= 4 is 5.91 Å². The van der Waals surface area contributed by atoms with E-state index in [0.717, 1.165) is 31.7 Å². The molecule has 0 bridgehead atoms. The van der Waals surface area contributed by atoms with Gasteiger partial charge in [0, 0.05) is 6.54 Å². The largest absolute Gasteiger partial charge is 0.343 e. The lowest BCUT2D eigenvalue weighted by molar-refractivity contribution is 0.0944. The van der Waals surface area contributed by atoms with Crippen LogP contribution in [-0.4, -0.2) is 54.2 Å². The number of tetrazole rings is 1. The highest BCUT2D eigenvalue weighted by Crippen LogP contribution is 2.12. The number of nitrogens with zero attached hydrogens (tertiary/aromatic N) is 7. The number of para-hydroxylation sites is 1. The van der Waals surface area contributed by atoms with Crippen molar-refractivity contribution in [3.8, 4) is 5.69 Å². The van der Waals surface area contributed by atoms with Gasteiger partial charge in [-0.05, 0) is 54.4 Å². The lowest BCUT2D eigenvalue weighted by Gasteiger charge is -2.22. The molecule has 1 amide bonds. The minimum absolute atomic E-state index is 0.195. The van der Waals surface area contributed by atoms with Gasteiger partial charge in [0.2, 0.25) is 0 Å². The second kappa shape index (κ2) is 8.04. The van der Waals surface area contributed by atoms with E-state index in [1.165, 1.54) is 6.42 Å². The third-order valence-corrected chi connectivity index (χ3v) is 4.56. The summed E-state index contributed by atoms with van der Waals surface area (Å²) in [5.74, 6) is 0.757. The van der Waals surface area contributed by atoms with Crippen molar-refractivity contribution in [2.75, 3.05) is 13.1 Å². The van der Waals surface area contributed by atoms with E-state index < -0.39 is 0 Å². The van der Waals surface area contributed by atoms with Crippen LogP contribution in [0.2, 0.25) is 0 Å². The monoisotopic (exact) mass is 367 g/mol. The summed E-state index contributed by atoms with van der Waals surface area (Å²) in [6.07, 6.45) is 4.02. The van der Waals surface area contributed by atoms with E-state index in [-0.39, 0.29) is 18.1 Å². The van der Waals surface area contributed by atoms with Gasteiger partial charge in [0.1, 0.15) is 0 Å². The molecule has 1 aromatic carbocycles. The van der Waals surface area contributed by atoms with Crippen LogP contribution in [0.25, 0.3) is 5.69 Å². The first-order chi connectivity index (χ1) is 13.3. The van der Waals surface area contributed by atoms with E-state index in [1.807, 2.05) is 30.3 Å². The van der Waals surface area contributed by atoms with Crippen molar-refractivity contribution in [3.63, 3.8) is 0 Å². The normalized spacial score (nSPS) is 17.0. The summed E-state index contributed by atoms with van der Waals surface area (Å²) in [7, 11) is 0. The Morgan fingerprint density at radius 1 is 1.22 bits per heavy atom. The molecular weight excluding hydrogens is 346 g/mol. The molecule has 10 heteroatoms. The number of carbonyl (C=O) groups excluding carboxylic acids is 1. The van der Waals surface area contributed by atoms with Gasteiger partial charge < -0.3 is 10.6 Å². The first kappa shape index (κ1) is 17.3. The van der Waals surface area contributed by atoms with Crippen LogP contribution in [0.15, 0.2) is 36.5 Å². The third kappa shape index (κ3) is 4.17. The molecule has 3 heterocycles. The zero-order chi connectivity index (χ0) is 18.5. The van der Waals surface area contributed by atoms with E-state index in [9.17, 15) is 4.79 Å². The van der Waals surface area contributed by atoms with Crippen molar-refractivity contribution < 1.29 is 4.79 Å². The number of rotatable bonds is 6. The second-order valence-electron chi connectivity index (χ2n) is 6.56. The molecule has 0 radical (unpaired) electrons. The molecule has 10 nitrogen and oxygen atoms in total. The highest BCUT2D eigenvalue weighted by atomic mass is 16.2. The predicted octanol–water partition coefficient (Wildman–Crippen LogP) is 0.183. The predicted molar refractivity (Wildman–Crippen MR) is 95.9 cm³/mol. The molecule has 0 unspecified atom stereocenters. The lowest BCUT2D eigenvalue weighted by Crippen LogP contribution is -2.32. The summed E-state index contributed by atoms with van der Waals surface area (Å²) in [6, 6.07) is 9.52. The maximum Gasteiger partial charge on any atom is 0.273 e. The molecule has 2 N–H and O–H groups in total. The summed E-state index contributed by atoms with van der Waals surface area (Å²) in [6.45, 7) is 3.01. The van der Waals surface area contributed by atoms with Gasteiger partial charge in [-0.1, -0.05) is 23.4 Å². The van der Waals surface area contributed by atoms with Crippen molar-refractivity contribution in [1.29, 1.82) is 0 Å². The van der Waals surface area contributed by atoms with E-state index in [0.29, 0.717) is 11.7 Å². The van der Waals surface area contributed by atoms with Crippen LogP contribution in [0.4, 0.5) is 0 Å². The summed E-state index contributed by atoms with van der Waals surface area (Å²) in [4.78, 5) is 12.4. The van der Waals surface area contributed by atoms with E-state index in [4.69, 9.17) is 0 Å². The number of carbonyl (C=O) groups is 1. The van der Waals surface area contributed by atoms with E-state index in [1.54, 1.807) is 15.6 Å². The van der Waals surface area contributed by atoms with E-state index >= 15 is 0 Å². The van der Waals surface area contributed by atoms with Crippen molar-refractivity contribution in [2.24, 2.45) is 5.92 Å². The van der Waals surface area contributed by atoms with E-state index in [2.05, 4.69) is 36.5 Å². The van der Waals surface area contributed by atoms with Gasteiger partial charge in [-0.25, -0.2) is 0 Å². The molecule has 1 aliphatic rings. The molecule has 1 atom stereocenters. The molecule has 140 valence electrons. The topological polar surface area (TPSA) is 115 Å². The Morgan fingerprint density at radius 2 is 2.11 bits per heavy atom. The molecule has 0 saturated carbocycles. The molecule has 0 aliphatic carbocycles. The van der Waals surface area contributed by atoms with Crippen LogP contribution in [0.3, 0.4) is 0 Å². The highest BCUT2D eigenvalue weighted by Gasteiger charge is 2.17. The van der Waals surface area contributed by atoms with Crippen molar-refractivity contribution in [1.82, 2.24) is 45.8 Å². The van der Waals surface area contributed by atoms with Gasteiger partial charge in [-0.3, -0.25) is 9.48 Å². The van der Waals surface area contributed by atoms with Gasteiger partial charge in [0.25, 0.3) is 5.91 Å². The lowest BCUT2D eigenvalue weighted by atomic mass is 10.00. The maximum atomic E-state index is 12.4. The molecule has 0 spiro atoms. The first-order valence-electron chi connectivity index (χ1n) is 9.01. The van der Waals surface area contributed by atoms with Crippen LogP contribution in [0, 0.1) is 5.92 Å². The average molecular weight is 367 g/mol. The molecule has 1 aliphatic heterocycles. The number of amides is 1. The zero-order valence-electron chi connectivity index (χ0n) is 14.8. The van der Waals surface area contributed by atoms with Crippen LogP contribution in [0.1, 0.15) is 29.2 Å². The summed E-state index contributed by atoms with van der Waals surface area (Å²) < 4.78 is 3.33. The van der Waals surface area contributed by atoms with Crippen LogP contribution in [-0.2, 0) is 13.1 Å². The van der Waals surface area contributed by atoms with Gasteiger partial charge in [0.05, 0.1) is 18.4 Å². The molecule has 4 rings (SSSR count). The number of hydrogen-bond acceptors (Lipinski definition) is 7. The first-order valence-corrected chi connectivity index (χ1v) is 9.01. The second-order valence-corrected chi connectivity index (χ2v) is 6.56. The minimum atomic E-state index is -0.300. The fraction of sp³-hybridized carbons (Fsp3) is 0.412. The summed E-state index contributed by atoms with van der Waals surface area (Å²) in [5.41, 5.74) is 1.12. The minimum Gasteiger partial charge on any atom is -0.343 e. The standard InChI is InChI=1S/C17H21N9O/c27-17(15-12-25(23-20-15)11-13-5-4-8-18-9-13)19-10-16-21-22-24-26(16)14-6-2-1-3-7-14/h1-3,6-7,12-13,18H,4-5,8-11H2,(H,19,27)/t13-/m1/s1. The Hall–Kier alpha value is -3.14. The quantitative estimate of drug-likeness (QED) is 0.639. The molecular formula is C17H21N9O. The molecule has 27 heavy (non-hydrogen) atoms. The smallest absolute Gasteiger partial charge is 0.273 e. The Kier molecular flexibility index (Phi) is 5.15. The zero-order valence-corrected chi connectivity index (χ0v) is 14.8. The van der Waals surface area contributed by atoms with Crippen molar-refractivity contribution in [2.45, 2.75) is 25.9 Å². The summed E-state index contributed by atoms with van der Waals surface area (Å²) in [5, 5.41) is 25.9. The molecule has 2 aromatic heterocycles. The Labute approximate surface area is 155 Å². The average Bonchev–Trinajstić information content (AvgIpc) is 3.37.